The third kappa shape index (κ3) is 1.53. The predicted molar refractivity (Wildman–Crippen MR) is 67.9 cm³/mol. The van der Waals surface area contributed by atoms with Crippen molar-refractivity contribution in [1.29, 1.82) is 0 Å². The van der Waals surface area contributed by atoms with E-state index in [1.807, 2.05) is 5.51 Å². The molecule has 2 nitrogen and oxygen atoms in total. The summed E-state index contributed by atoms with van der Waals surface area (Å²) in [5.74, 6) is 0. The molecule has 80 valence electrons. The molecule has 16 heavy (non-hydrogen) atoms. The van der Waals surface area contributed by atoms with Crippen molar-refractivity contribution >= 4 is 22.2 Å². The lowest BCUT2D eigenvalue weighted by Gasteiger charge is -2.03. The molecule has 0 N–H and O–H groups in total. The standard InChI is InChI=1S/C13H12N2S/c1-10-3-2-4-13-12(10)5-6-15(13)7-11-8-16-9-14-11/h2-6,8-9H,7H2,1H3. The minimum absolute atomic E-state index is 0.858. The van der Waals surface area contributed by atoms with Crippen LogP contribution in [0.25, 0.3) is 10.9 Å². The van der Waals surface area contributed by atoms with Crippen LogP contribution < -0.4 is 0 Å². The minimum atomic E-state index is 0.858. The van der Waals surface area contributed by atoms with E-state index in [9.17, 15) is 0 Å². The van der Waals surface area contributed by atoms with Gasteiger partial charge in [-0.2, -0.15) is 0 Å². The van der Waals surface area contributed by atoms with E-state index in [1.165, 1.54) is 16.5 Å². The molecular weight excluding hydrogens is 216 g/mol. The third-order valence-electron chi connectivity index (χ3n) is 2.85. The van der Waals surface area contributed by atoms with Crippen molar-refractivity contribution < 1.29 is 0 Å². The molecule has 0 saturated heterocycles. The second kappa shape index (κ2) is 3.76. The van der Waals surface area contributed by atoms with Gasteiger partial charge in [-0.05, 0) is 24.6 Å². The van der Waals surface area contributed by atoms with E-state index in [0.29, 0.717) is 0 Å². The number of rotatable bonds is 2. The first-order valence-electron chi connectivity index (χ1n) is 5.26. The Hall–Kier alpha value is -1.61. The van der Waals surface area contributed by atoms with Gasteiger partial charge in [-0.1, -0.05) is 12.1 Å². The zero-order chi connectivity index (χ0) is 11.0. The number of benzene rings is 1. The molecule has 0 radical (unpaired) electrons. The summed E-state index contributed by atoms with van der Waals surface area (Å²) in [4.78, 5) is 4.32. The maximum absolute atomic E-state index is 4.32. The smallest absolute Gasteiger partial charge is 0.0795 e. The van der Waals surface area contributed by atoms with Crippen molar-refractivity contribution in [2.24, 2.45) is 0 Å². The number of hydrogen-bond donors (Lipinski definition) is 0. The fraction of sp³-hybridized carbons (Fsp3) is 0.154. The quantitative estimate of drug-likeness (QED) is 0.657. The molecule has 0 saturated carbocycles. The first-order valence-corrected chi connectivity index (χ1v) is 6.20. The second-order valence-corrected chi connectivity index (χ2v) is 4.65. The van der Waals surface area contributed by atoms with Crippen LogP contribution in [0.5, 0.6) is 0 Å². The topological polar surface area (TPSA) is 17.8 Å². The molecule has 0 aliphatic rings. The summed E-state index contributed by atoms with van der Waals surface area (Å²) in [6.45, 7) is 3.01. The van der Waals surface area contributed by atoms with E-state index < -0.39 is 0 Å². The van der Waals surface area contributed by atoms with Crippen LogP contribution in [0.2, 0.25) is 0 Å². The molecule has 0 bridgehead atoms. The highest BCUT2D eigenvalue weighted by atomic mass is 32.1. The fourth-order valence-electron chi connectivity index (χ4n) is 2.01. The lowest BCUT2D eigenvalue weighted by atomic mass is 10.1. The Morgan fingerprint density at radius 2 is 2.25 bits per heavy atom. The summed E-state index contributed by atoms with van der Waals surface area (Å²) in [5, 5.41) is 3.43. The summed E-state index contributed by atoms with van der Waals surface area (Å²) in [7, 11) is 0. The van der Waals surface area contributed by atoms with Gasteiger partial charge < -0.3 is 4.57 Å². The Bertz CT molecular complexity index is 608. The van der Waals surface area contributed by atoms with Crippen LogP contribution in [-0.2, 0) is 6.54 Å². The highest BCUT2D eigenvalue weighted by molar-refractivity contribution is 7.07. The van der Waals surface area contributed by atoms with Crippen LogP contribution in [0.4, 0.5) is 0 Å². The molecular formula is C13H12N2S. The molecule has 2 heterocycles. The zero-order valence-corrected chi connectivity index (χ0v) is 9.87. The third-order valence-corrected chi connectivity index (χ3v) is 3.48. The number of thiazole rings is 1. The first kappa shape index (κ1) is 9.60. The Kier molecular flexibility index (Phi) is 2.26. The normalized spacial score (nSPS) is 11.1. The van der Waals surface area contributed by atoms with Gasteiger partial charge in [0.2, 0.25) is 0 Å². The second-order valence-electron chi connectivity index (χ2n) is 3.93. The Labute approximate surface area is 98.2 Å². The molecule has 0 fully saturated rings. The Balaban J connectivity index is 2.08. The highest BCUT2D eigenvalue weighted by Crippen LogP contribution is 2.20. The molecule has 0 spiro atoms. The van der Waals surface area contributed by atoms with Crippen molar-refractivity contribution in [3.63, 3.8) is 0 Å². The monoisotopic (exact) mass is 228 g/mol. The maximum atomic E-state index is 4.32. The SMILES string of the molecule is Cc1cccc2c1ccn2Cc1cscn1. The van der Waals surface area contributed by atoms with Gasteiger partial charge in [0.05, 0.1) is 17.7 Å². The number of hydrogen-bond acceptors (Lipinski definition) is 2. The van der Waals surface area contributed by atoms with Gasteiger partial charge in [0, 0.05) is 22.5 Å². The van der Waals surface area contributed by atoms with Gasteiger partial charge in [-0.3, -0.25) is 0 Å². The molecule has 0 unspecified atom stereocenters. The van der Waals surface area contributed by atoms with Crippen LogP contribution in [0.15, 0.2) is 41.4 Å². The van der Waals surface area contributed by atoms with E-state index in [0.717, 1.165) is 12.2 Å². The van der Waals surface area contributed by atoms with Crippen LogP contribution in [-0.4, -0.2) is 9.55 Å². The fourth-order valence-corrected chi connectivity index (χ4v) is 2.55. The molecule has 0 atom stereocenters. The lowest BCUT2D eigenvalue weighted by Crippen LogP contribution is -1.97. The van der Waals surface area contributed by atoms with Gasteiger partial charge in [0.15, 0.2) is 0 Å². The van der Waals surface area contributed by atoms with E-state index in [-0.39, 0.29) is 0 Å². The van der Waals surface area contributed by atoms with Gasteiger partial charge in [0.1, 0.15) is 0 Å². The predicted octanol–water partition coefficient (Wildman–Crippen LogP) is 3.45. The molecule has 2 aromatic heterocycles. The average Bonchev–Trinajstić information content (AvgIpc) is 2.90. The minimum Gasteiger partial charge on any atom is -0.341 e. The summed E-state index contributed by atoms with van der Waals surface area (Å²) in [6, 6.07) is 8.59. The van der Waals surface area contributed by atoms with Crippen LogP contribution in [0.1, 0.15) is 11.3 Å². The number of aromatic nitrogens is 2. The van der Waals surface area contributed by atoms with Crippen LogP contribution >= 0.6 is 11.3 Å². The summed E-state index contributed by atoms with van der Waals surface area (Å²) >= 11 is 1.65. The summed E-state index contributed by atoms with van der Waals surface area (Å²) in [5.41, 5.74) is 5.62. The van der Waals surface area contributed by atoms with Gasteiger partial charge in [0.25, 0.3) is 0 Å². The van der Waals surface area contributed by atoms with Crippen LogP contribution in [0.3, 0.4) is 0 Å². The highest BCUT2D eigenvalue weighted by Gasteiger charge is 2.03. The largest absolute Gasteiger partial charge is 0.341 e. The van der Waals surface area contributed by atoms with Crippen molar-refractivity contribution in [3.05, 3.63) is 52.6 Å². The van der Waals surface area contributed by atoms with E-state index >= 15 is 0 Å². The molecule has 0 amide bonds. The van der Waals surface area contributed by atoms with Crippen molar-refractivity contribution in [2.75, 3.05) is 0 Å². The van der Waals surface area contributed by atoms with E-state index in [4.69, 9.17) is 0 Å². The van der Waals surface area contributed by atoms with Gasteiger partial charge in [-0.25, -0.2) is 4.98 Å². The Morgan fingerprint density at radius 1 is 1.31 bits per heavy atom. The first-order chi connectivity index (χ1) is 7.84. The molecule has 0 aliphatic heterocycles. The average molecular weight is 228 g/mol. The molecule has 3 rings (SSSR count). The molecule has 1 aromatic carbocycles. The number of nitrogens with zero attached hydrogens (tertiary/aromatic N) is 2. The lowest BCUT2D eigenvalue weighted by molar-refractivity contribution is 0.814. The molecule has 0 aliphatic carbocycles. The molecule has 3 aromatic rings. The summed E-state index contributed by atoms with van der Waals surface area (Å²) < 4.78 is 2.25. The molecule has 3 heteroatoms. The van der Waals surface area contributed by atoms with Crippen molar-refractivity contribution in [1.82, 2.24) is 9.55 Å². The Morgan fingerprint density at radius 3 is 3.06 bits per heavy atom. The van der Waals surface area contributed by atoms with Crippen LogP contribution in [0, 0.1) is 6.92 Å². The zero-order valence-electron chi connectivity index (χ0n) is 9.05. The van der Waals surface area contributed by atoms with Crippen molar-refractivity contribution in [3.8, 4) is 0 Å². The summed E-state index contributed by atoms with van der Waals surface area (Å²) in [6.07, 6.45) is 2.14. The number of fused-ring (bicyclic) bond motifs is 1. The number of aryl methyl sites for hydroxylation is 1. The van der Waals surface area contributed by atoms with E-state index in [2.05, 4.69) is 52.3 Å². The van der Waals surface area contributed by atoms with Gasteiger partial charge >= 0.3 is 0 Å². The van der Waals surface area contributed by atoms with Gasteiger partial charge in [-0.15, -0.1) is 11.3 Å². The van der Waals surface area contributed by atoms with Crippen molar-refractivity contribution in [2.45, 2.75) is 13.5 Å². The maximum Gasteiger partial charge on any atom is 0.0795 e. The van der Waals surface area contributed by atoms with E-state index in [1.54, 1.807) is 11.3 Å².